The van der Waals surface area contributed by atoms with Crippen molar-refractivity contribution in [2.75, 3.05) is 5.88 Å². The van der Waals surface area contributed by atoms with Crippen molar-refractivity contribution in [2.24, 2.45) is 17.3 Å². The highest BCUT2D eigenvalue weighted by atomic mass is 35.5. The molecule has 2 fully saturated rings. The average molecular weight is 171 g/mol. The summed E-state index contributed by atoms with van der Waals surface area (Å²) in [5.41, 5.74) is 0.455. The van der Waals surface area contributed by atoms with E-state index in [0.29, 0.717) is 5.41 Å². The molecule has 0 spiro atoms. The largest absolute Gasteiger partial charge is 0.126 e. The van der Waals surface area contributed by atoms with Gasteiger partial charge >= 0.3 is 0 Å². The molecule has 2 aliphatic rings. The summed E-state index contributed by atoms with van der Waals surface area (Å²) in [7, 11) is 0. The van der Waals surface area contributed by atoms with Crippen molar-refractivity contribution in [3.63, 3.8) is 0 Å². The van der Waals surface area contributed by atoms with Gasteiger partial charge in [-0.05, 0) is 42.9 Å². The second-order valence-electron chi connectivity index (χ2n) is 4.29. The quantitative estimate of drug-likeness (QED) is 0.451. The molecule has 0 bridgehead atoms. The Bertz CT molecular complexity index is 164. The SMILES string of the molecule is C=CCC1(CCl)CC2CC2C1. The lowest BCUT2D eigenvalue weighted by atomic mass is 9.82. The molecule has 2 saturated carbocycles. The molecule has 2 unspecified atom stereocenters. The summed E-state index contributed by atoms with van der Waals surface area (Å²) < 4.78 is 0. The number of hydrogen-bond donors (Lipinski definition) is 0. The smallest absolute Gasteiger partial charge is 0.0283 e. The van der Waals surface area contributed by atoms with Gasteiger partial charge in [0.2, 0.25) is 0 Å². The molecule has 11 heavy (non-hydrogen) atoms. The molecule has 2 rings (SSSR count). The monoisotopic (exact) mass is 170 g/mol. The molecule has 0 aromatic heterocycles. The molecule has 0 amide bonds. The van der Waals surface area contributed by atoms with E-state index in [1.54, 1.807) is 0 Å². The Hall–Kier alpha value is 0.0300. The summed E-state index contributed by atoms with van der Waals surface area (Å²) in [6, 6.07) is 0. The summed E-state index contributed by atoms with van der Waals surface area (Å²) >= 11 is 5.98. The molecule has 0 N–H and O–H groups in total. The Labute approximate surface area is 73.6 Å². The van der Waals surface area contributed by atoms with Crippen LogP contribution in [0.25, 0.3) is 0 Å². The van der Waals surface area contributed by atoms with Crippen LogP contribution in [0.4, 0.5) is 0 Å². The van der Waals surface area contributed by atoms with E-state index in [-0.39, 0.29) is 0 Å². The van der Waals surface area contributed by atoms with Gasteiger partial charge in [-0.25, -0.2) is 0 Å². The van der Waals surface area contributed by atoms with E-state index >= 15 is 0 Å². The standard InChI is InChI=1S/C10H15Cl/c1-2-3-10(7-11)5-8-4-9(8)6-10/h2,8-9H,1,3-7H2. The Morgan fingerprint density at radius 3 is 2.55 bits per heavy atom. The predicted molar refractivity (Wildman–Crippen MR) is 48.8 cm³/mol. The van der Waals surface area contributed by atoms with Gasteiger partial charge in [0.1, 0.15) is 0 Å². The van der Waals surface area contributed by atoms with E-state index in [4.69, 9.17) is 11.6 Å². The average Bonchev–Trinajstić information content (AvgIpc) is 2.61. The Kier molecular flexibility index (Phi) is 1.75. The van der Waals surface area contributed by atoms with Crippen molar-refractivity contribution in [2.45, 2.75) is 25.7 Å². The minimum atomic E-state index is 0.455. The van der Waals surface area contributed by atoms with Crippen molar-refractivity contribution in [1.82, 2.24) is 0 Å². The van der Waals surface area contributed by atoms with Crippen molar-refractivity contribution < 1.29 is 0 Å². The fourth-order valence-electron chi connectivity index (χ4n) is 2.64. The first-order valence-electron chi connectivity index (χ1n) is 4.46. The Morgan fingerprint density at radius 1 is 1.45 bits per heavy atom. The fraction of sp³-hybridized carbons (Fsp3) is 0.800. The Balaban J connectivity index is 2.00. The van der Waals surface area contributed by atoms with Gasteiger partial charge in [-0.2, -0.15) is 0 Å². The molecule has 0 aliphatic heterocycles. The summed E-state index contributed by atoms with van der Waals surface area (Å²) in [5.74, 6) is 2.91. The molecule has 0 aromatic rings. The highest BCUT2D eigenvalue weighted by molar-refractivity contribution is 6.18. The number of rotatable bonds is 3. The second kappa shape index (κ2) is 2.52. The normalized spacial score (nSPS) is 47.0. The maximum absolute atomic E-state index is 5.98. The van der Waals surface area contributed by atoms with Crippen LogP contribution in [0.2, 0.25) is 0 Å². The van der Waals surface area contributed by atoms with Crippen LogP contribution in [-0.4, -0.2) is 5.88 Å². The van der Waals surface area contributed by atoms with E-state index in [0.717, 1.165) is 24.1 Å². The van der Waals surface area contributed by atoms with Gasteiger partial charge in [-0.1, -0.05) is 6.08 Å². The van der Waals surface area contributed by atoms with Gasteiger partial charge in [0.15, 0.2) is 0 Å². The van der Waals surface area contributed by atoms with Crippen molar-refractivity contribution in [1.29, 1.82) is 0 Å². The number of halogens is 1. The zero-order valence-corrected chi connectivity index (χ0v) is 7.61. The van der Waals surface area contributed by atoms with E-state index in [1.807, 2.05) is 6.08 Å². The number of alkyl halides is 1. The van der Waals surface area contributed by atoms with E-state index in [1.165, 1.54) is 19.3 Å². The second-order valence-corrected chi connectivity index (χ2v) is 4.56. The number of hydrogen-bond acceptors (Lipinski definition) is 0. The fourth-order valence-corrected chi connectivity index (χ4v) is 2.97. The maximum atomic E-state index is 5.98. The van der Waals surface area contributed by atoms with Gasteiger partial charge < -0.3 is 0 Å². The van der Waals surface area contributed by atoms with Crippen LogP contribution >= 0.6 is 11.6 Å². The molecule has 0 nitrogen and oxygen atoms in total. The summed E-state index contributed by atoms with van der Waals surface area (Å²) in [6.07, 6.45) is 7.38. The third-order valence-corrected chi connectivity index (χ3v) is 3.89. The molecule has 1 heteroatoms. The lowest BCUT2D eigenvalue weighted by molar-refractivity contribution is 0.310. The zero-order valence-electron chi connectivity index (χ0n) is 6.85. The van der Waals surface area contributed by atoms with Crippen LogP contribution < -0.4 is 0 Å². The lowest BCUT2D eigenvalue weighted by Crippen LogP contribution is -2.19. The van der Waals surface area contributed by atoms with Crippen molar-refractivity contribution in [3.8, 4) is 0 Å². The first-order chi connectivity index (χ1) is 5.29. The van der Waals surface area contributed by atoms with Crippen LogP contribution in [-0.2, 0) is 0 Å². The molecule has 2 aliphatic carbocycles. The first-order valence-corrected chi connectivity index (χ1v) is 5.00. The minimum absolute atomic E-state index is 0.455. The minimum Gasteiger partial charge on any atom is -0.126 e. The van der Waals surface area contributed by atoms with Gasteiger partial charge in [-0.15, -0.1) is 18.2 Å². The summed E-state index contributed by atoms with van der Waals surface area (Å²) in [5, 5.41) is 0. The van der Waals surface area contributed by atoms with Gasteiger partial charge in [0.05, 0.1) is 0 Å². The van der Waals surface area contributed by atoms with Crippen LogP contribution in [0.3, 0.4) is 0 Å². The highest BCUT2D eigenvalue weighted by Gasteiger charge is 2.52. The number of allylic oxidation sites excluding steroid dienone is 1. The third kappa shape index (κ3) is 1.22. The summed E-state index contributed by atoms with van der Waals surface area (Å²) in [4.78, 5) is 0. The number of fused-ring (bicyclic) bond motifs is 1. The van der Waals surface area contributed by atoms with Crippen LogP contribution in [0.5, 0.6) is 0 Å². The molecule has 62 valence electrons. The van der Waals surface area contributed by atoms with Gasteiger partial charge in [0.25, 0.3) is 0 Å². The van der Waals surface area contributed by atoms with Crippen LogP contribution in [0.1, 0.15) is 25.7 Å². The van der Waals surface area contributed by atoms with Gasteiger partial charge in [-0.3, -0.25) is 0 Å². The van der Waals surface area contributed by atoms with Crippen LogP contribution in [0.15, 0.2) is 12.7 Å². The topological polar surface area (TPSA) is 0 Å². The van der Waals surface area contributed by atoms with E-state index in [9.17, 15) is 0 Å². The molecule has 0 heterocycles. The Morgan fingerprint density at radius 2 is 2.09 bits per heavy atom. The lowest BCUT2D eigenvalue weighted by Gasteiger charge is -2.26. The van der Waals surface area contributed by atoms with E-state index in [2.05, 4.69) is 6.58 Å². The summed E-state index contributed by atoms with van der Waals surface area (Å²) in [6.45, 7) is 3.80. The van der Waals surface area contributed by atoms with Crippen LogP contribution in [0, 0.1) is 17.3 Å². The maximum Gasteiger partial charge on any atom is 0.0283 e. The predicted octanol–water partition coefficient (Wildman–Crippen LogP) is 3.22. The van der Waals surface area contributed by atoms with Crippen molar-refractivity contribution in [3.05, 3.63) is 12.7 Å². The van der Waals surface area contributed by atoms with E-state index < -0.39 is 0 Å². The molecule has 0 saturated heterocycles. The molecular weight excluding hydrogens is 156 g/mol. The first kappa shape index (κ1) is 7.67. The molecule has 0 radical (unpaired) electrons. The molecule has 2 atom stereocenters. The molecular formula is C10H15Cl. The zero-order chi connectivity index (χ0) is 7.90. The van der Waals surface area contributed by atoms with Gasteiger partial charge in [0, 0.05) is 5.88 Å². The highest BCUT2D eigenvalue weighted by Crippen LogP contribution is 2.61. The molecule has 0 aromatic carbocycles. The van der Waals surface area contributed by atoms with Crippen molar-refractivity contribution >= 4 is 11.6 Å². The third-order valence-electron chi connectivity index (χ3n) is 3.32.